The number of hydrogen-bond donors (Lipinski definition) is 0. The topological polar surface area (TPSA) is 9.23 Å². The van der Waals surface area contributed by atoms with Gasteiger partial charge in [0.2, 0.25) is 0 Å². The van der Waals surface area contributed by atoms with Gasteiger partial charge in [-0.25, -0.2) is 8.78 Å². The van der Waals surface area contributed by atoms with E-state index in [9.17, 15) is 8.78 Å². The van der Waals surface area contributed by atoms with Crippen LogP contribution in [0.3, 0.4) is 0 Å². The van der Waals surface area contributed by atoms with Crippen LogP contribution >= 0.6 is 0 Å². The highest BCUT2D eigenvalue weighted by Crippen LogP contribution is 2.36. The zero-order valence-electron chi connectivity index (χ0n) is 12.7. The van der Waals surface area contributed by atoms with Gasteiger partial charge in [0.1, 0.15) is 5.75 Å². The molecule has 0 saturated carbocycles. The van der Waals surface area contributed by atoms with E-state index in [0.717, 1.165) is 5.56 Å². The van der Waals surface area contributed by atoms with E-state index in [1.165, 1.54) is 20.8 Å². The molecule has 108 valence electrons. The van der Waals surface area contributed by atoms with E-state index in [1.807, 2.05) is 18.2 Å². The summed E-state index contributed by atoms with van der Waals surface area (Å²) < 4.78 is 32.9. The molecule has 0 bridgehead atoms. The fraction of sp³-hybridized carbons (Fsp3) is 0.625. The van der Waals surface area contributed by atoms with E-state index in [-0.39, 0.29) is 5.41 Å². The Bertz CT molecular complexity index is 425. The first-order valence-corrected chi connectivity index (χ1v) is 6.55. The van der Waals surface area contributed by atoms with E-state index in [2.05, 4.69) is 20.8 Å². The third-order valence-corrected chi connectivity index (χ3v) is 3.22. The lowest BCUT2D eigenvalue weighted by atomic mass is 9.87. The molecule has 0 aliphatic rings. The van der Waals surface area contributed by atoms with Crippen LogP contribution in [0.2, 0.25) is 0 Å². The van der Waals surface area contributed by atoms with Gasteiger partial charge < -0.3 is 4.74 Å². The van der Waals surface area contributed by atoms with Crippen LogP contribution in [0.1, 0.15) is 47.1 Å². The largest absolute Gasteiger partial charge is 0.487 e. The minimum Gasteiger partial charge on any atom is -0.487 e. The van der Waals surface area contributed by atoms with Gasteiger partial charge in [-0.15, -0.1) is 0 Å². The highest BCUT2D eigenvalue weighted by Gasteiger charge is 2.43. The van der Waals surface area contributed by atoms with Gasteiger partial charge in [0.25, 0.3) is 5.92 Å². The standard InChI is InChI=1S/C16H24F2O/c1-14(2,3)12-8-7-9-13(10-12)19-11-16(17,18)15(4,5)6/h7-10H,11H2,1-6H3. The Labute approximate surface area is 115 Å². The molecule has 1 aromatic carbocycles. The van der Waals surface area contributed by atoms with Crippen molar-refractivity contribution in [2.24, 2.45) is 5.41 Å². The van der Waals surface area contributed by atoms with Gasteiger partial charge in [-0.1, -0.05) is 53.7 Å². The molecule has 0 amide bonds. The molecule has 0 fully saturated rings. The van der Waals surface area contributed by atoms with Gasteiger partial charge in [-0.2, -0.15) is 0 Å². The monoisotopic (exact) mass is 270 g/mol. The van der Waals surface area contributed by atoms with Gasteiger partial charge >= 0.3 is 0 Å². The molecule has 1 nitrogen and oxygen atoms in total. The van der Waals surface area contributed by atoms with Crippen molar-refractivity contribution < 1.29 is 13.5 Å². The van der Waals surface area contributed by atoms with Crippen LogP contribution in [0.15, 0.2) is 24.3 Å². The SMILES string of the molecule is CC(C)(C)c1cccc(OCC(F)(F)C(C)(C)C)c1. The zero-order chi connectivity index (χ0) is 14.9. The minimum absolute atomic E-state index is 0.0219. The molecular weight excluding hydrogens is 246 g/mol. The Morgan fingerprint density at radius 2 is 1.58 bits per heavy atom. The van der Waals surface area contributed by atoms with E-state index in [1.54, 1.807) is 6.07 Å². The molecule has 0 aliphatic carbocycles. The summed E-state index contributed by atoms with van der Waals surface area (Å²) in [4.78, 5) is 0. The van der Waals surface area contributed by atoms with Crippen molar-refractivity contribution in [3.63, 3.8) is 0 Å². The first-order chi connectivity index (χ1) is 8.43. The number of benzene rings is 1. The number of alkyl halides is 2. The molecule has 0 saturated heterocycles. The van der Waals surface area contributed by atoms with Gasteiger partial charge in [-0.05, 0) is 23.1 Å². The van der Waals surface area contributed by atoms with Crippen LogP contribution in [0, 0.1) is 5.41 Å². The lowest BCUT2D eigenvalue weighted by molar-refractivity contribution is -0.123. The number of halogens is 2. The molecule has 0 aromatic heterocycles. The molecule has 19 heavy (non-hydrogen) atoms. The molecule has 1 aromatic rings. The van der Waals surface area contributed by atoms with Gasteiger partial charge in [0, 0.05) is 5.41 Å². The highest BCUT2D eigenvalue weighted by atomic mass is 19.3. The first-order valence-electron chi connectivity index (χ1n) is 6.55. The minimum atomic E-state index is -2.86. The maximum Gasteiger partial charge on any atom is 0.286 e. The van der Waals surface area contributed by atoms with Crippen molar-refractivity contribution in [1.82, 2.24) is 0 Å². The van der Waals surface area contributed by atoms with E-state index in [0.29, 0.717) is 5.75 Å². The Kier molecular flexibility index (Phi) is 4.28. The molecule has 3 heteroatoms. The molecule has 0 aliphatic heterocycles. The Balaban J connectivity index is 2.80. The summed E-state index contributed by atoms with van der Waals surface area (Å²) in [6.07, 6.45) is 0. The third-order valence-electron chi connectivity index (χ3n) is 3.22. The predicted octanol–water partition coefficient (Wildman–Crippen LogP) is 5.04. The van der Waals surface area contributed by atoms with Crippen LogP contribution in [0.4, 0.5) is 8.78 Å². The van der Waals surface area contributed by atoms with Gasteiger partial charge in [-0.3, -0.25) is 0 Å². The van der Waals surface area contributed by atoms with Crippen LogP contribution in [0.25, 0.3) is 0 Å². The summed E-state index contributed by atoms with van der Waals surface area (Å²) in [7, 11) is 0. The summed E-state index contributed by atoms with van der Waals surface area (Å²) >= 11 is 0. The number of rotatable bonds is 3. The molecule has 0 atom stereocenters. The summed E-state index contributed by atoms with van der Waals surface area (Å²) in [5.41, 5.74) is -0.0512. The predicted molar refractivity (Wildman–Crippen MR) is 75.0 cm³/mol. The smallest absolute Gasteiger partial charge is 0.286 e. The summed E-state index contributed by atoms with van der Waals surface area (Å²) in [5.74, 6) is -2.36. The summed E-state index contributed by atoms with van der Waals surface area (Å²) in [6, 6.07) is 7.37. The molecule has 0 spiro atoms. The number of hydrogen-bond acceptors (Lipinski definition) is 1. The lowest BCUT2D eigenvalue weighted by Gasteiger charge is -2.30. The maximum absolute atomic E-state index is 13.8. The molecule has 0 N–H and O–H groups in total. The fourth-order valence-electron chi connectivity index (χ4n) is 1.44. The van der Waals surface area contributed by atoms with Crippen molar-refractivity contribution in [3.05, 3.63) is 29.8 Å². The Morgan fingerprint density at radius 3 is 2.05 bits per heavy atom. The van der Waals surface area contributed by atoms with Gasteiger partial charge in [0.15, 0.2) is 6.61 Å². The second kappa shape index (κ2) is 5.10. The average Bonchev–Trinajstić information content (AvgIpc) is 2.24. The Morgan fingerprint density at radius 1 is 1.00 bits per heavy atom. The van der Waals surface area contributed by atoms with Crippen molar-refractivity contribution >= 4 is 0 Å². The highest BCUT2D eigenvalue weighted by molar-refractivity contribution is 5.32. The van der Waals surface area contributed by atoms with E-state index < -0.39 is 17.9 Å². The van der Waals surface area contributed by atoms with Crippen molar-refractivity contribution in [3.8, 4) is 5.75 Å². The van der Waals surface area contributed by atoms with Crippen molar-refractivity contribution in [2.75, 3.05) is 6.61 Å². The molecule has 0 radical (unpaired) electrons. The second-order valence-electron chi connectivity index (χ2n) is 7.02. The van der Waals surface area contributed by atoms with Gasteiger partial charge in [0.05, 0.1) is 0 Å². The fourth-order valence-corrected chi connectivity index (χ4v) is 1.44. The average molecular weight is 270 g/mol. The maximum atomic E-state index is 13.8. The first kappa shape index (κ1) is 15.9. The Hall–Kier alpha value is -1.12. The van der Waals surface area contributed by atoms with Crippen LogP contribution < -0.4 is 4.74 Å². The molecule has 0 unspecified atom stereocenters. The molecular formula is C16H24F2O. The van der Waals surface area contributed by atoms with Crippen LogP contribution in [0.5, 0.6) is 5.75 Å². The molecule has 1 rings (SSSR count). The van der Waals surface area contributed by atoms with Crippen LogP contribution in [-0.4, -0.2) is 12.5 Å². The normalized spacial score (nSPS) is 13.5. The molecule has 0 heterocycles. The van der Waals surface area contributed by atoms with Crippen LogP contribution in [-0.2, 0) is 5.41 Å². The summed E-state index contributed by atoms with van der Waals surface area (Å²) in [6.45, 7) is 10.2. The summed E-state index contributed by atoms with van der Waals surface area (Å²) in [5, 5.41) is 0. The third kappa shape index (κ3) is 4.19. The second-order valence-corrected chi connectivity index (χ2v) is 7.02. The van der Waals surface area contributed by atoms with Crippen molar-refractivity contribution in [2.45, 2.75) is 52.9 Å². The quantitative estimate of drug-likeness (QED) is 0.747. The van der Waals surface area contributed by atoms with E-state index >= 15 is 0 Å². The lowest BCUT2D eigenvalue weighted by Crippen LogP contribution is -2.39. The zero-order valence-corrected chi connectivity index (χ0v) is 12.7. The van der Waals surface area contributed by atoms with Crippen molar-refractivity contribution in [1.29, 1.82) is 0 Å². The van der Waals surface area contributed by atoms with E-state index in [4.69, 9.17) is 4.74 Å². The number of ether oxygens (including phenoxy) is 1.